The third kappa shape index (κ3) is 3.36. The molecule has 2 aromatic rings. The van der Waals surface area contributed by atoms with E-state index in [9.17, 15) is 9.50 Å². The number of aliphatic hydroxyl groups is 1. The van der Waals surface area contributed by atoms with Gasteiger partial charge in [-0.25, -0.2) is 4.39 Å². The van der Waals surface area contributed by atoms with Gasteiger partial charge in [0.25, 0.3) is 0 Å². The molecule has 0 radical (unpaired) electrons. The van der Waals surface area contributed by atoms with Gasteiger partial charge >= 0.3 is 0 Å². The van der Waals surface area contributed by atoms with Crippen molar-refractivity contribution in [2.75, 3.05) is 11.9 Å². The molecule has 3 heteroatoms. The second kappa shape index (κ2) is 6.53. The maximum Gasteiger partial charge on any atom is 0.128 e. The fourth-order valence-corrected chi connectivity index (χ4v) is 2.16. The molecule has 20 heavy (non-hydrogen) atoms. The monoisotopic (exact) mass is 273 g/mol. The summed E-state index contributed by atoms with van der Waals surface area (Å²) >= 11 is 0. The first-order chi connectivity index (χ1) is 9.61. The molecule has 0 amide bonds. The van der Waals surface area contributed by atoms with Crippen molar-refractivity contribution in [3.05, 3.63) is 65.5 Å². The lowest BCUT2D eigenvalue weighted by molar-refractivity contribution is 0.173. The normalized spacial score (nSPS) is 12.2. The van der Waals surface area contributed by atoms with Crippen LogP contribution in [0, 0.1) is 5.82 Å². The van der Waals surface area contributed by atoms with Crippen molar-refractivity contribution in [1.82, 2.24) is 0 Å². The molecule has 0 heterocycles. The van der Waals surface area contributed by atoms with Crippen LogP contribution in [0.3, 0.4) is 0 Å². The number of hydrogen-bond acceptors (Lipinski definition) is 2. The van der Waals surface area contributed by atoms with E-state index in [1.165, 1.54) is 6.07 Å². The van der Waals surface area contributed by atoms with E-state index >= 15 is 0 Å². The molecule has 0 saturated carbocycles. The zero-order valence-electron chi connectivity index (χ0n) is 11.9. The van der Waals surface area contributed by atoms with Gasteiger partial charge in [0.05, 0.1) is 6.10 Å². The van der Waals surface area contributed by atoms with Crippen LogP contribution in [0.25, 0.3) is 0 Å². The Kier molecular flexibility index (Phi) is 4.74. The van der Waals surface area contributed by atoms with E-state index in [1.807, 2.05) is 49.2 Å². The minimum absolute atomic E-state index is 0.183. The SMILES string of the molecule is CC[C@H](O)c1ccc(N(C)Cc2ccccc2F)cc1. The van der Waals surface area contributed by atoms with Gasteiger partial charge in [-0.05, 0) is 30.2 Å². The van der Waals surface area contributed by atoms with Gasteiger partial charge in [0.15, 0.2) is 0 Å². The fraction of sp³-hybridized carbons (Fsp3) is 0.294. The van der Waals surface area contributed by atoms with E-state index in [2.05, 4.69) is 0 Å². The van der Waals surface area contributed by atoms with Crippen molar-refractivity contribution in [2.45, 2.75) is 26.0 Å². The van der Waals surface area contributed by atoms with Crippen LogP contribution in [0.1, 0.15) is 30.6 Å². The van der Waals surface area contributed by atoms with Crippen LogP contribution in [0.5, 0.6) is 0 Å². The van der Waals surface area contributed by atoms with Crippen LogP contribution in [-0.4, -0.2) is 12.2 Å². The Morgan fingerprint density at radius 2 is 1.75 bits per heavy atom. The Morgan fingerprint density at radius 1 is 1.10 bits per heavy atom. The van der Waals surface area contributed by atoms with Crippen molar-refractivity contribution in [2.24, 2.45) is 0 Å². The van der Waals surface area contributed by atoms with Crippen LogP contribution in [0.15, 0.2) is 48.5 Å². The summed E-state index contributed by atoms with van der Waals surface area (Å²) in [7, 11) is 1.93. The number of aliphatic hydroxyl groups excluding tert-OH is 1. The molecule has 0 bridgehead atoms. The molecule has 0 unspecified atom stereocenters. The molecule has 0 saturated heterocycles. The van der Waals surface area contributed by atoms with E-state index in [0.29, 0.717) is 18.5 Å². The van der Waals surface area contributed by atoms with Crippen molar-refractivity contribution in [3.63, 3.8) is 0 Å². The maximum atomic E-state index is 13.6. The van der Waals surface area contributed by atoms with Gasteiger partial charge in [0.1, 0.15) is 5.82 Å². The highest BCUT2D eigenvalue weighted by atomic mass is 19.1. The molecular formula is C17H20FNO. The smallest absolute Gasteiger partial charge is 0.128 e. The number of hydrogen-bond donors (Lipinski definition) is 1. The van der Waals surface area contributed by atoms with Crippen molar-refractivity contribution in [1.29, 1.82) is 0 Å². The van der Waals surface area contributed by atoms with Gasteiger partial charge in [0, 0.05) is 24.8 Å². The third-order valence-corrected chi connectivity index (χ3v) is 3.47. The highest BCUT2D eigenvalue weighted by Gasteiger charge is 2.08. The fourth-order valence-electron chi connectivity index (χ4n) is 2.16. The lowest BCUT2D eigenvalue weighted by atomic mass is 10.1. The first kappa shape index (κ1) is 14.5. The van der Waals surface area contributed by atoms with Crippen LogP contribution in [0.2, 0.25) is 0 Å². The van der Waals surface area contributed by atoms with Crippen molar-refractivity contribution >= 4 is 5.69 Å². The maximum absolute atomic E-state index is 13.6. The summed E-state index contributed by atoms with van der Waals surface area (Å²) in [5, 5.41) is 9.77. The molecule has 0 fully saturated rings. The van der Waals surface area contributed by atoms with Crippen LogP contribution in [0.4, 0.5) is 10.1 Å². The summed E-state index contributed by atoms with van der Waals surface area (Å²) < 4.78 is 13.6. The Hall–Kier alpha value is -1.87. The lowest BCUT2D eigenvalue weighted by Crippen LogP contribution is -2.17. The number of rotatable bonds is 5. The first-order valence-corrected chi connectivity index (χ1v) is 6.84. The summed E-state index contributed by atoms with van der Waals surface area (Å²) in [6.45, 7) is 2.46. The molecule has 0 aromatic heterocycles. The van der Waals surface area contributed by atoms with E-state index in [-0.39, 0.29) is 5.82 Å². The van der Waals surface area contributed by atoms with Gasteiger partial charge in [-0.3, -0.25) is 0 Å². The van der Waals surface area contributed by atoms with Crippen LogP contribution in [-0.2, 0) is 6.54 Å². The largest absolute Gasteiger partial charge is 0.388 e. The summed E-state index contributed by atoms with van der Waals surface area (Å²) in [6, 6.07) is 14.5. The highest BCUT2D eigenvalue weighted by Crippen LogP contribution is 2.22. The second-order valence-electron chi connectivity index (χ2n) is 4.96. The molecule has 106 valence electrons. The van der Waals surface area contributed by atoms with Crippen LogP contribution >= 0.6 is 0 Å². The van der Waals surface area contributed by atoms with Crippen LogP contribution < -0.4 is 4.90 Å². The molecule has 0 spiro atoms. The topological polar surface area (TPSA) is 23.5 Å². The number of halogens is 1. The molecule has 2 rings (SSSR count). The first-order valence-electron chi connectivity index (χ1n) is 6.84. The van der Waals surface area contributed by atoms with E-state index in [1.54, 1.807) is 12.1 Å². The summed E-state index contributed by atoms with van der Waals surface area (Å²) in [5.41, 5.74) is 2.59. The Bertz CT molecular complexity index is 553. The predicted molar refractivity (Wildman–Crippen MR) is 80.2 cm³/mol. The molecule has 0 aliphatic heterocycles. The standard InChI is InChI=1S/C17H20FNO/c1-3-17(20)13-8-10-15(11-9-13)19(2)12-14-6-4-5-7-16(14)18/h4-11,17,20H,3,12H2,1-2H3/t17-/m0/s1. The minimum Gasteiger partial charge on any atom is -0.388 e. The summed E-state index contributed by atoms with van der Waals surface area (Å²) in [5.74, 6) is -0.183. The number of nitrogens with zero attached hydrogens (tertiary/aromatic N) is 1. The molecule has 2 nitrogen and oxygen atoms in total. The summed E-state index contributed by atoms with van der Waals surface area (Å²) in [4.78, 5) is 1.99. The Morgan fingerprint density at radius 3 is 2.35 bits per heavy atom. The van der Waals surface area contributed by atoms with Gasteiger partial charge in [-0.15, -0.1) is 0 Å². The summed E-state index contributed by atoms with van der Waals surface area (Å²) in [6.07, 6.45) is 0.283. The van der Waals surface area contributed by atoms with E-state index < -0.39 is 6.10 Å². The average molecular weight is 273 g/mol. The third-order valence-electron chi connectivity index (χ3n) is 3.47. The van der Waals surface area contributed by atoms with E-state index in [0.717, 1.165) is 11.3 Å². The molecular weight excluding hydrogens is 253 g/mol. The van der Waals surface area contributed by atoms with Crippen molar-refractivity contribution < 1.29 is 9.50 Å². The van der Waals surface area contributed by atoms with Gasteiger partial charge < -0.3 is 10.0 Å². The Balaban J connectivity index is 2.10. The molecule has 1 atom stereocenters. The van der Waals surface area contributed by atoms with Gasteiger partial charge in [-0.1, -0.05) is 37.3 Å². The van der Waals surface area contributed by atoms with Gasteiger partial charge in [0.2, 0.25) is 0 Å². The molecule has 0 aliphatic rings. The predicted octanol–water partition coefficient (Wildman–Crippen LogP) is 3.91. The van der Waals surface area contributed by atoms with E-state index in [4.69, 9.17) is 0 Å². The number of anilines is 1. The highest BCUT2D eigenvalue weighted by molar-refractivity contribution is 5.47. The average Bonchev–Trinajstić information content (AvgIpc) is 2.49. The van der Waals surface area contributed by atoms with Gasteiger partial charge in [-0.2, -0.15) is 0 Å². The zero-order chi connectivity index (χ0) is 14.5. The minimum atomic E-state index is -0.416. The quantitative estimate of drug-likeness (QED) is 0.893. The number of benzene rings is 2. The molecule has 2 aromatic carbocycles. The molecule has 0 aliphatic carbocycles. The molecule has 1 N–H and O–H groups in total. The lowest BCUT2D eigenvalue weighted by Gasteiger charge is -2.20. The Labute approximate surface area is 119 Å². The second-order valence-corrected chi connectivity index (χ2v) is 4.96. The zero-order valence-corrected chi connectivity index (χ0v) is 11.9. The van der Waals surface area contributed by atoms with Crippen molar-refractivity contribution in [3.8, 4) is 0 Å².